The second kappa shape index (κ2) is 5.88. The largest absolute Gasteiger partial charge is 0.480 e. The Morgan fingerprint density at radius 2 is 2.05 bits per heavy atom. The van der Waals surface area contributed by atoms with Crippen molar-refractivity contribution in [3.05, 3.63) is 40.2 Å². The molecule has 1 aliphatic heterocycles. The molecule has 0 spiro atoms. The molecule has 3 rings (SSSR count). The predicted molar refractivity (Wildman–Crippen MR) is 84.0 cm³/mol. The van der Waals surface area contributed by atoms with E-state index in [1.165, 1.54) is 4.90 Å². The number of aliphatic carboxylic acids is 1. The lowest BCUT2D eigenvalue weighted by Gasteiger charge is -2.21. The Labute approximate surface area is 132 Å². The zero-order valence-corrected chi connectivity index (χ0v) is 13.0. The molecular formula is C16H16N2O3S. The van der Waals surface area contributed by atoms with Gasteiger partial charge in [-0.15, -0.1) is 11.3 Å². The summed E-state index contributed by atoms with van der Waals surface area (Å²) in [6.45, 7) is 2.45. The lowest BCUT2D eigenvalue weighted by Crippen LogP contribution is -2.40. The number of nitrogens with zero attached hydrogens (tertiary/aromatic N) is 2. The van der Waals surface area contributed by atoms with E-state index in [1.807, 2.05) is 24.4 Å². The third-order valence-electron chi connectivity index (χ3n) is 3.85. The number of carbonyl (C=O) groups is 2. The van der Waals surface area contributed by atoms with E-state index in [-0.39, 0.29) is 5.91 Å². The highest BCUT2D eigenvalue weighted by atomic mass is 32.1. The average molecular weight is 316 g/mol. The van der Waals surface area contributed by atoms with Crippen LogP contribution in [0, 0.1) is 6.92 Å². The van der Waals surface area contributed by atoms with Crippen molar-refractivity contribution in [2.75, 3.05) is 6.54 Å². The number of aryl methyl sites for hydroxylation is 1. The molecule has 2 aromatic rings. The molecule has 0 radical (unpaired) electrons. The first-order valence-electron chi connectivity index (χ1n) is 7.12. The topological polar surface area (TPSA) is 70.5 Å². The zero-order valence-electron chi connectivity index (χ0n) is 12.2. The van der Waals surface area contributed by atoms with Gasteiger partial charge in [-0.05, 0) is 31.9 Å². The first kappa shape index (κ1) is 14.7. The molecule has 1 fully saturated rings. The van der Waals surface area contributed by atoms with Crippen molar-refractivity contribution >= 4 is 23.2 Å². The first-order valence-corrected chi connectivity index (χ1v) is 8.00. The van der Waals surface area contributed by atoms with Crippen molar-refractivity contribution in [2.45, 2.75) is 25.8 Å². The molecule has 0 saturated carbocycles. The summed E-state index contributed by atoms with van der Waals surface area (Å²) >= 11 is 1.58. The second-order valence-corrected chi connectivity index (χ2v) is 6.39. The Hall–Kier alpha value is -2.21. The molecule has 2 heterocycles. The number of amides is 1. The molecule has 1 saturated heterocycles. The van der Waals surface area contributed by atoms with Crippen LogP contribution in [-0.4, -0.2) is 39.5 Å². The third kappa shape index (κ3) is 2.74. The second-order valence-electron chi connectivity index (χ2n) is 5.32. The van der Waals surface area contributed by atoms with Gasteiger partial charge in [-0.3, -0.25) is 4.79 Å². The molecule has 1 N–H and O–H groups in total. The average Bonchev–Trinajstić information content (AvgIpc) is 3.15. The van der Waals surface area contributed by atoms with Crippen LogP contribution in [0.25, 0.3) is 11.3 Å². The van der Waals surface area contributed by atoms with Gasteiger partial charge in [0.2, 0.25) is 0 Å². The van der Waals surface area contributed by atoms with Gasteiger partial charge in [0.1, 0.15) is 6.04 Å². The molecule has 0 unspecified atom stereocenters. The molecule has 0 aliphatic carbocycles. The van der Waals surface area contributed by atoms with Crippen molar-refractivity contribution in [3.63, 3.8) is 0 Å². The van der Waals surface area contributed by atoms with Gasteiger partial charge in [-0.25, -0.2) is 9.78 Å². The summed E-state index contributed by atoms with van der Waals surface area (Å²) in [5, 5.41) is 12.1. The lowest BCUT2D eigenvalue weighted by molar-refractivity contribution is -0.141. The van der Waals surface area contributed by atoms with Crippen LogP contribution in [0.15, 0.2) is 29.6 Å². The van der Waals surface area contributed by atoms with Crippen LogP contribution in [0.4, 0.5) is 0 Å². The van der Waals surface area contributed by atoms with E-state index in [0.717, 1.165) is 22.7 Å². The lowest BCUT2D eigenvalue weighted by atomic mass is 10.1. The number of thiazole rings is 1. The van der Waals surface area contributed by atoms with E-state index in [4.69, 9.17) is 0 Å². The Balaban J connectivity index is 1.80. The molecule has 0 bridgehead atoms. The highest BCUT2D eigenvalue weighted by molar-refractivity contribution is 7.09. The van der Waals surface area contributed by atoms with Gasteiger partial charge in [0.05, 0.1) is 10.7 Å². The molecule has 1 aliphatic rings. The van der Waals surface area contributed by atoms with Crippen molar-refractivity contribution in [2.24, 2.45) is 0 Å². The van der Waals surface area contributed by atoms with E-state index in [9.17, 15) is 14.7 Å². The summed E-state index contributed by atoms with van der Waals surface area (Å²) < 4.78 is 0. The van der Waals surface area contributed by atoms with Crippen LogP contribution < -0.4 is 0 Å². The van der Waals surface area contributed by atoms with Gasteiger partial charge in [-0.2, -0.15) is 0 Å². The van der Waals surface area contributed by atoms with E-state index < -0.39 is 12.0 Å². The molecule has 1 aromatic carbocycles. The number of hydrogen-bond acceptors (Lipinski definition) is 4. The molecule has 1 amide bonds. The fourth-order valence-corrected chi connectivity index (χ4v) is 3.33. The fourth-order valence-electron chi connectivity index (χ4n) is 2.71. The number of rotatable bonds is 3. The summed E-state index contributed by atoms with van der Waals surface area (Å²) in [6, 6.07) is 6.49. The summed E-state index contributed by atoms with van der Waals surface area (Å²) in [4.78, 5) is 29.5. The fraction of sp³-hybridized carbons (Fsp3) is 0.312. The van der Waals surface area contributed by atoms with Crippen molar-refractivity contribution < 1.29 is 14.7 Å². The van der Waals surface area contributed by atoms with Gasteiger partial charge >= 0.3 is 5.97 Å². The van der Waals surface area contributed by atoms with E-state index in [2.05, 4.69) is 4.98 Å². The Morgan fingerprint density at radius 1 is 1.32 bits per heavy atom. The van der Waals surface area contributed by atoms with Crippen molar-refractivity contribution in [1.29, 1.82) is 0 Å². The minimum Gasteiger partial charge on any atom is -0.480 e. The minimum atomic E-state index is -0.930. The number of carboxylic acid groups (broad SMARTS) is 1. The van der Waals surface area contributed by atoms with Gasteiger partial charge in [-0.1, -0.05) is 12.1 Å². The monoisotopic (exact) mass is 316 g/mol. The molecule has 5 nitrogen and oxygen atoms in total. The molecule has 1 atom stereocenters. The van der Waals surface area contributed by atoms with Crippen LogP contribution in [-0.2, 0) is 4.79 Å². The number of benzene rings is 1. The Morgan fingerprint density at radius 3 is 2.64 bits per heavy atom. The van der Waals surface area contributed by atoms with Gasteiger partial charge in [0, 0.05) is 23.1 Å². The van der Waals surface area contributed by atoms with E-state index in [0.29, 0.717) is 18.5 Å². The molecule has 1 aromatic heterocycles. The van der Waals surface area contributed by atoms with Crippen molar-refractivity contribution in [3.8, 4) is 11.3 Å². The van der Waals surface area contributed by atoms with Crippen LogP contribution in [0.3, 0.4) is 0 Å². The Bertz CT molecular complexity index is 708. The first-order chi connectivity index (χ1) is 10.6. The van der Waals surface area contributed by atoms with Crippen LogP contribution in [0.1, 0.15) is 28.2 Å². The molecule has 6 heteroatoms. The summed E-state index contributed by atoms with van der Waals surface area (Å²) in [5.74, 6) is -1.15. The Kier molecular flexibility index (Phi) is 3.94. The van der Waals surface area contributed by atoms with E-state index in [1.54, 1.807) is 23.5 Å². The summed E-state index contributed by atoms with van der Waals surface area (Å²) in [6.07, 6.45) is 1.26. The van der Waals surface area contributed by atoms with Crippen LogP contribution >= 0.6 is 11.3 Å². The summed E-state index contributed by atoms with van der Waals surface area (Å²) in [5.41, 5.74) is 2.37. The predicted octanol–water partition coefficient (Wildman–Crippen LogP) is 2.81. The number of likely N-dealkylation sites (tertiary alicyclic amines) is 1. The van der Waals surface area contributed by atoms with Crippen LogP contribution in [0.5, 0.6) is 0 Å². The van der Waals surface area contributed by atoms with Crippen molar-refractivity contribution in [1.82, 2.24) is 9.88 Å². The molecule has 114 valence electrons. The maximum Gasteiger partial charge on any atom is 0.326 e. The standard InChI is InChI=1S/C16H16N2O3S/c1-10-17-13(9-22-10)11-4-6-12(7-5-11)15(19)18-8-2-3-14(18)16(20)21/h4-7,9,14H,2-3,8H2,1H3,(H,20,21)/t14-/m0/s1. The zero-order chi connectivity index (χ0) is 15.7. The minimum absolute atomic E-state index is 0.217. The highest BCUT2D eigenvalue weighted by Crippen LogP contribution is 2.24. The SMILES string of the molecule is Cc1nc(-c2ccc(C(=O)N3CCC[C@H]3C(=O)O)cc2)cs1. The number of aromatic nitrogens is 1. The maximum atomic E-state index is 12.5. The number of carboxylic acids is 1. The number of carbonyl (C=O) groups excluding carboxylic acids is 1. The van der Waals surface area contributed by atoms with Gasteiger partial charge in [0.15, 0.2) is 0 Å². The normalized spacial score (nSPS) is 17.7. The summed E-state index contributed by atoms with van der Waals surface area (Å²) in [7, 11) is 0. The highest BCUT2D eigenvalue weighted by Gasteiger charge is 2.34. The van der Waals surface area contributed by atoms with Gasteiger partial charge < -0.3 is 10.0 Å². The number of hydrogen-bond donors (Lipinski definition) is 1. The third-order valence-corrected chi connectivity index (χ3v) is 4.62. The van der Waals surface area contributed by atoms with E-state index >= 15 is 0 Å². The van der Waals surface area contributed by atoms with Crippen LogP contribution in [0.2, 0.25) is 0 Å². The quantitative estimate of drug-likeness (QED) is 0.945. The maximum absolute atomic E-state index is 12.5. The molecular weight excluding hydrogens is 300 g/mol. The van der Waals surface area contributed by atoms with Gasteiger partial charge in [0.25, 0.3) is 5.91 Å². The molecule has 22 heavy (non-hydrogen) atoms. The smallest absolute Gasteiger partial charge is 0.326 e.